The first-order valence-electron chi connectivity index (χ1n) is 7.83. The van der Waals surface area contributed by atoms with Gasteiger partial charge in [-0.05, 0) is 50.3 Å². The summed E-state index contributed by atoms with van der Waals surface area (Å²) in [5.41, 5.74) is 1.16. The van der Waals surface area contributed by atoms with Gasteiger partial charge in [-0.15, -0.1) is 0 Å². The number of ether oxygens (including phenoxy) is 1. The van der Waals surface area contributed by atoms with E-state index < -0.39 is 0 Å². The predicted octanol–water partition coefficient (Wildman–Crippen LogP) is 3.07. The Kier molecular flexibility index (Phi) is 9.55. The summed E-state index contributed by atoms with van der Waals surface area (Å²) in [7, 11) is 1.80. The van der Waals surface area contributed by atoms with E-state index in [0.717, 1.165) is 36.8 Å². The smallest absolute Gasteiger partial charge is 0.191 e. The molecular formula is C17H29N3OS. The van der Waals surface area contributed by atoms with Gasteiger partial charge in [0.05, 0.1) is 6.54 Å². The second-order valence-corrected chi connectivity index (χ2v) is 6.26. The first kappa shape index (κ1) is 18.7. The van der Waals surface area contributed by atoms with Crippen LogP contribution in [0.1, 0.15) is 25.3 Å². The fraction of sp³-hybridized carbons (Fsp3) is 0.588. The Morgan fingerprint density at radius 3 is 2.73 bits per heavy atom. The van der Waals surface area contributed by atoms with Crippen molar-refractivity contribution in [3.05, 3.63) is 29.8 Å². The van der Waals surface area contributed by atoms with E-state index in [1.54, 1.807) is 7.05 Å². The van der Waals surface area contributed by atoms with Crippen LogP contribution < -0.4 is 15.4 Å². The second-order valence-electron chi connectivity index (χ2n) is 5.27. The minimum atomic E-state index is 0.0798. The number of aryl methyl sites for hydroxylation is 1. The van der Waals surface area contributed by atoms with Crippen LogP contribution in [0.2, 0.25) is 0 Å². The summed E-state index contributed by atoms with van der Waals surface area (Å²) in [4.78, 5) is 4.24. The van der Waals surface area contributed by atoms with Crippen molar-refractivity contribution in [2.75, 3.05) is 32.1 Å². The lowest BCUT2D eigenvalue weighted by molar-refractivity contribution is 0.222. The van der Waals surface area contributed by atoms with E-state index in [9.17, 15) is 0 Å². The van der Waals surface area contributed by atoms with Gasteiger partial charge in [0.15, 0.2) is 5.96 Å². The highest BCUT2D eigenvalue weighted by molar-refractivity contribution is 7.98. The zero-order valence-electron chi connectivity index (χ0n) is 14.2. The number of thioether (sulfide) groups is 1. The standard InChI is InChI=1S/C17H29N3OS/c1-14-9-5-6-10-16(14)21-15(2)13-20-17(18-3)19-11-7-8-12-22-4/h5-6,9-10,15H,7-8,11-13H2,1-4H3,(H2,18,19,20). The van der Waals surface area contributed by atoms with Crippen LogP contribution in [0.15, 0.2) is 29.3 Å². The summed E-state index contributed by atoms with van der Waals surface area (Å²) in [5.74, 6) is 3.00. The molecule has 0 radical (unpaired) electrons. The molecule has 2 N–H and O–H groups in total. The van der Waals surface area contributed by atoms with Crippen molar-refractivity contribution >= 4 is 17.7 Å². The minimum absolute atomic E-state index is 0.0798. The normalized spacial score (nSPS) is 12.8. The van der Waals surface area contributed by atoms with Crippen molar-refractivity contribution in [3.8, 4) is 5.75 Å². The first-order chi connectivity index (χ1) is 10.7. The Balaban J connectivity index is 2.26. The first-order valence-corrected chi connectivity index (χ1v) is 9.22. The highest BCUT2D eigenvalue weighted by atomic mass is 32.2. The van der Waals surface area contributed by atoms with Gasteiger partial charge in [0, 0.05) is 13.6 Å². The quantitative estimate of drug-likeness (QED) is 0.416. The van der Waals surface area contributed by atoms with Crippen LogP contribution in [0, 0.1) is 6.92 Å². The van der Waals surface area contributed by atoms with Crippen LogP contribution in [0.5, 0.6) is 5.75 Å². The Morgan fingerprint density at radius 1 is 1.27 bits per heavy atom. The highest BCUT2D eigenvalue weighted by Gasteiger charge is 2.07. The number of nitrogens with one attached hydrogen (secondary N) is 2. The van der Waals surface area contributed by atoms with Crippen molar-refractivity contribution in [3.63, 3.8) is 0 Å². The van der Waals surface area contributed by atoms with Crippen LogP contribution in [-0.2, 0) is 0 Å². The molecule has 1 atom stereocenters. The summed E-state index contributed by atoms with van der Waals surface area (Å²) in [6.45, 7) is 5.79. The maximum atomic E-state index is 5.95. The van der Waals surface area contributed by atoms with Gasteiger partial charge in [-0.1, -0.05) is 18.2 Å². The molecule has 0 heterocycles. The molecule has 0 bridgehead atoms. The van der Waals surface area contributed by atoms with E-state index in [1.165, 1.54) is 12.2 Å². The van der Waals surface area contributed by atoms with E-state index in [-0.39, 0.29) is 6.10 Å². The highest BCUT2D eigenvalue weighted by Crippen LogP contribution is 2.17. The molecule has 0 amide bonds. The largest absolute Gasteiger partial charge is 0.489 e. The van der Waals surface area contributed by atoms with Gasteiger partial charge in [-0.3, -0.25) is 4.99 Å². The van der Waals surface area contributed by atoms with Gasteiger partial charge < -0.3 is 15.4 Å². The van der Waals surface area contributed by atoms with Crippen molar-refractivity contribution in [2.24, 2.45) is 4.99 Å². The molecule has 0 saturated heterocycles. The number of unbranched alkanes of at least 4 members (excludes halogenated alkanes) is 1. The lowest BCUT2D eigenvalue weighted by atomic mass is 10.2. The number of para-hydroxylation sites is 1. The molecule has 0 aliphatic heterocycles. The maximum Gasteiger partial charge on any atom is 0.191 e. The second kappa shape index (κ2) is 11.2. The van der Waals surface area contributed by atoms with Crippen molar-refractivity contribution in [1.82, 2.24) is 10.6 Å². The van der Waals surface area contributed by atoms with Crippen LogP contribution >= 0.6 is 11.8 Å². The number of rotatable bonds is 9. The van der Waals surface area contributed by atoms with E-state index in [0.29, 0.717) is 0 Å². The molecule has 0 saturated carbocycles. The third-order valence-electron chi connectivity index (χ3n) is 3.27. The van der Waals surface area contributed by atoms with E-state index in [4.69, 9.17) is 4.74 Å². The lowest BCUT2D eigenvalue weighted by Crippen LogP contribution is -2.42. The van der Waals surface area contributed by atoms with Gasteiger partial charge in [0.1, 0.15) is 11.9 Å². The Hall–Kier alpha value is -1.36. The minimum Gasteiger partial charge on any atom is -0.489 e. The van der Waals surface area contributed by atoms with Gasteiger partial charge in [-0.2, -0.15) is 11.8 Å². The van der Waals surface area contributed by atoms with E-state index in [2.05, 4.69) is 41.8 Å². The van der Waals surface area contributed by atoms with Gasteiger partial charge in [-0.25, -0.2) is 0 Å². The Morgan fingerprint density at radius 2 is 2.05 bits per heavy atom. The SMILES string of the molecule is CN=C(NCCCCSC)NCC(C)Oc1ccccc1C. The van der Waals surface area contributed by atoms with Crippen molar-refractivity contribution < 1.29 is 4.74 Å². The molecule has 1 aromatic rings. The van der Waals surface area contributed by atoms with Crippen LogP contribution in [0.25, 0.3) is 0 Å². The van der Waals surface area contributed by atoms with Gasteiger partial charge >= 0.3 is 0 Å². The summed E-state index contributed by atoms with van der Waals surface area (Å²) >= 11 is 1.89. The molecule has 5 heteroatoms. The molecule has 1 aromatic carbocycles. The fourth-order valence-corrected chi connectivity index (χ4v) is 2.48. The zero-order chi connectivity index (χ0) is 16.2. The van der Waals surface area contributed by atoms with E-state index >= 15 is 0 Å². The number of hydrogen-bond acceptors (Lipinski definition) is 3. The molecule has 0 fully saturated rings. The summed E-state index contributed by atoms with van der Waals surface area (Å²) in [6.07, 6.45) is 4.62. The predicted molar refractivity (Wildman–Crippen MR) is 98.2 cm³/mol. The Bertz CT molecular complexity index is 451. The third-order valence-corrected chi connectivity index (χ3v) is 3.97. The topological polar surface area (TPSA) is 45.7 Å². The number of guanidine groups is 1. The van der Waals surface area contributed by atoms with Gasteiger partial charge in [0.25, 0.3) is 0 Å². The molecule has 0 aliphatic carbocycles. The summed E-state index contributed by atoms with van der Waals surface area (Å²) in [5, 5.41) is 6.64. The molecule has 124 valence electrons. The number of nitrogens with zero attached hydrogens (tertiary/aromatic N) is 1. The Labute approximate surface area is 139 Å². The molecule has 0 aromatic heterocycles. The van der Waals surface area contributed by atoms with Crippen LogP contribution in [-0.4, -0.2) is 44.2 Å². The average molecular weight is 324 g/mol. The number of benzene rings is 1. The van der Waals surface area contributed by atoms with Crippen LogP contribution in [0.4, 0.5) is 0 Å². The molecular weight excluding hydrogens is 294 g/mol. The van der Waals surface area contributed by atoms with E-state index in [1.807, 2.05) is 30.0 Å². The number of aliphatic imine (C=N–C) groups is 1. The zero-order valence-corrected chi connectivity index (χ0v) is 15.0. The van der Waals surface area contributed by atoms with Crippen molar-refractivity contribution in [2.45, 2.75) is 32.8 Å². The van der Waals surface area contributed by atoms with Crippen molar-refractivity contribution in [1.29, 1.82) is 0 Å². The molecule has 0 spiro atoms. The molecule has 22 heavy (non-hydrogen) atoms. The third kappa shape index (κ3) is 7.59. The lowest BCUT2D eigenvalue weighted by Gasteiger charge is -2.18. The fourth-order valence-electron chi connectivity index (χ4n) is 1.99. The molecule has 1 rings (SSSR count). The monoisotopic (exact) mass is 323 g/mol. The average Bonchev–Trinajstić information content (AvgIpc) is 2.52. The molecule has 1 unspecified atom stereocenters. The molecule has 4 nitrogen and oxygen atoms in total. The maximum absolute atomic E-state index is 5.95. The molecule has 0 aliphatic rings. The van der Waals surface area contributed by atoms with Crippen LogP contribution in [0.3, 0.4) is 0 Å². The van der Waals surface area contributed by atoms with Gasteiger partial charge in [0.2, 0.25) is 0 Å². The summed E-state index contributed by atoms with van der Waals surface area (Å²) in [6, 6.07) is 8.08. The number of hydrogen-bond donors (Lipinski definition) is 2. The summed E-state index contributed by atoms with van der Waals surface area (Å²) < 4.78 is 5.95.